The molecule has 0 aliphatic carbocycles. The number of hydrogen-bond donors (Lipinski definition) is 1. The molecule has 0 atom stereocenters. The molecule has 2 aromatic carbocycles. The van der Waals surface area contributed by atoms with Gasteiger partial charge in [-0.3, -0.25) is 0 Å². The van der Waals surface area contributed by atoms with E-state index in [1.54, 1.807) is 6.07 Å². The smallest absolute Gasteiger partial charge is 0.169 e. The fourth-order valence-corrected chi connectivity index (χ4v) is 2.16. The first kappa shape index (κ1) is 11.2. The molecule has 0 bridgehead atoms. The van der Waals surface area contributed by atoms with Crippen LogP contribution in [0.2, 0.25) is 5.02 Å². The number of hydrogen-bond acceptors (Lipinski definition) is 2. The van der Waals surface area contributed by atoms with Gasteiger partial charge in [0.25, 0.3) is 0 Å². The van der Waals surface area contributed by atoms with Gasteiger partial charge in [-0.1, -0.05) is 41.9 Å². The summed E-state index contributed by atoms with van der Waals surface area (Å²) in [5.74, 6) is 0. The number of benzene rings is 2. The Morgan fingerprint density at radius 2 is 1.81 bits per heavy atom. The van der Waals surface area contributed by atoms with E-state index in [1.165, 1.54) is 6.07 Å². The average molecular weight is 252 g/mol. The minimum atomic E-state index is -2.66. The average Bonchev–Trinajstić information content (AvgIpc) is 2.29. The highest BCUT2D eigenvalue weighted by Crippen LogP contribution is 2.25. The zero-order valence-electron chi connectivity index (χ0n) is 8.18. The Hall–Kier alpha value is -1.32. The van der Waals surface area contributed by atoms with E-state index in [4.69, 9.17) is 11.6 Å². The van der Waals surface area contributed by atoms with E-state index in [2.05, 4.69) is 6.07 Å². The van der Waals surface area contributed by atoms with E-state index in [9.17, 15) is 8.42 Å². The minimum absolute atomic E-state index is 0.108. The molecule has 0 heterocycles. The predicted octanol–water partition coefficient (Wildman–Crippen LogP) is 2.78. The van der Waals surface area contributed by atoms with Crippen LogP contribution in [0.4, 0.5) is 0 Å². The second-order valence-electron chi connectivity index (χ2n) is 3.20. The van der Waals surface area contributed by atoms with Gasteiger partial charge >= 0.3 is 0 Å². The van der Waals surface area contributed by atoms with Crippen molar-refractivity contribution in [2.45, 2.75) is 4.90 Å². The lowest BCUT2D eigenvalue weighted by molar-refractivity contribution is 0.614. The maximum absolute atomic E-state index is 10.8. The SMILES string of the molecule is O=[SH](=O)c1c[c]c(-c2ccccc2)cc1Cl. The maximum Gasteiger partial charge on any atom is 0.169 e. The quantitative estimate of drug-likeness (QED) is 0.833. The fourth-order valence-electron chi connectivity index (χ4n) is 1.38. The highest BCUT2D eigenvalue weighted by molar-refractivity contribution is 7.72. The van der Waals surface area contributed by atoms with E-state index >= 15 is 0 Å². The second kappa shape index (κ2) is 4.68. The van der Waals surface area contributed by atoms with Gasteiger partial charge in [0.2, 0.25) is 0 Å². The summed E-state index contributed by atoms with van der Waals surface area (Å²) in [6.07, 6.45) is 0. The molecule has 0 aliphatic heterocycles. The van der Waals surface area contributed by atoms with Crippen LogP contribution in [-0.2, 0) is 10.7 Å². The van der Waals surface area contributed by atoms with E-state index in [0.29, 0.717) is 0 Å². The summed E-state index contributed by atoms with van der Waals surface area (Å²) in [4.78, 5) is 0.108. The molecule has 2 rings (SSSR count). The third-order valence-electron chi connectivity index (χ3n) is 2.16. The standard InChI is InChI=1S/C12H8ClO2S/c13-11-8-10(6-7-12(11)16(14)15)9-4-2-1-3-5-9/h1-5,7-8,16H. The third-order valence-corrected chi connectivity index (χ3v) is 3.37. The number of halogens is 1. The Balaban J connectivity index is 2.50. The molecule has 0 spiro atoms. The van der Waals surface area contributed by atoms with Crippen molar-refractivity contribution in [3.05, 3.63) is 53.6 Å². The van der Waals surface area contributed by atoms with Gasteiger partial charge in [-0.05, 0) is 29.3 Å². The fraction of sp³-hybridized carbons (Fsp3) is 0. The number of thiol groups is 1. The van der Waals surface area contributed by atoms with E-state index in [1.807, 2.05) is 30.3 Å². The van der Waals surface area contributed by atoms with Crippen molar-refractivity contribution in [1.29, 1.82) is 0 Å². The lowest BCUT2D eigenvalue weighted by atomic mass is 10.1. The first-order chi connectivity index (χ1) is 7.68. The lowest BCUT2D eigenvalue weighted by Crippen LogP contribution is -1.84. The zero-order chi connectivity index (χ0) is 11.5. The summed E-state index contributed by atoms with van der Waals surface area (Å²) in [6.45, 7) is 0. The maximum atomic E-state index is 10.8. The van der Waals surface area contributed by atoms with Crippen molar-refractivity contribution in [2.75, 3.05) is 0 Å². The topological polar surface area (TPSA) is 34.1 Å². The van der Waals surface area contributed by atoms with Gasteiger partial charge in [-0.2, -0.15) is 0 Å². The van der Waals surface area contributed by atoms with Crippen molar-refractivity contribution < 1.29 is 8.42 Å². The van der Waals surface area contributed by atoms with Crippen LogP contribution in [0.1, 0.15) is 0 Å². The molecular formula is C12H8ClO2S. The predicted molar refractivity (Wildman–Crippen MR) is 64.3 cm³/mol. The molecule has 1 radical (unpaired) electrons. The third kappa shape index (κ3) is 2.26. The van der Waals surface area contributed by atoms with Gasteiger partial charge in [-0.25, -0.2) is 8.42 Å². The first-order valence-electron chi connectivity index (χ1n) is 4.59. The molecule has 0 fully saturated rings. The molecule has 0 amide bonds. The van der Waals surface area contributed by atoms with Crippen LogP contribution < -0.4 is 0 Å². The summed E-state index contributed by atoms with van der Waals surface area (Å²) in [6, 6.07) is 15.5. The zero-order valence-corrected chi connectivity index (χ0v) is 9.83. The summed E-state index contributed by atoms with van der Waals surface area (Å²) in [5.41, 5.74) is 1.74. The van der Waals surface area contributed by atoms with Crippen molar-refractivity contribution in [3.8, 4) is 11.1 Å². The van der Waals surface area contributed by atoms with Crippen LogP contribution >= 0.6 is 11.6 Å². The van der Waals surface area contributed by atoms with Gasteiger partial charge in [0.05, 0.1) is 9.92 Å². The molecule has 0 saturated carbocycles. The minimum Gasteiger partial charge on any atom is -0.227 e. The van der Waals surface area contributed by atoms with Crippen LogP contribution in [0.5, 0.6) is 0 Å². The number of rotatable bonds is 2. The van der Waals surface area contributed by atoms with Crippen molar-refractivity contribution in [3.63, 3.8) is 0 Å². The normalized spacial score (nSPS) is 10.6. The largest absolute Gasteiger partial charge is 0.227 e. The molecule has 81 valence electrons. The Morgan fingerprint density at radius 1 is 1.12 bits per heavy atom. The molecule has 0 aliphatic rings. The van der Waals surface area contributed by atoms with Crippen LogP contribution in [0.15, 0.2) is 47.4 Å². The molecule has 0 N–H and O–H groups in total. The second-order valence-corrected chi connectivity index (χ2v) is 4.61. The Morgan fingerprint density at radius 3 is 2.38 bits per heavy atom. The van der Waals surface area contributed by atoms with Crippen LogP contribution in [0.25, 0.3) is 11.1 Å². The van der Waals surface area contributed by atoms with Crippen LogP contribution in [0, 0.1) is 6.07 Å². The van der Waals surface area contributed by atoms with Crippen LogP contribution in [0.3, 0.4) is 0 Å². The molecule has 2 nitrogen and oxygen atoms in total. The van der Waals surface area contributed by atoms with Gasteiger partial charge in [-0.15, -0.1) is 0 Å². The van der Waals surface area contributed by atoms with Gasteiger partial charge in [0.15, 0.2) is 10.7 Å². The Bertz CT molecular complexity index is 569. The summed E-state index contributed by atoms with van der Waals surface area (Å²) in [5, 5.41) is 0.230. The molecule has 0 unspecified atom stereocenters. The summed E-state index contributed by atoms with van der Waals surface area (Å²) in [7, 11) is -2.66. The first-order valence-corrected chi connectivity index (χ1v) is 6.15. The lowest BCUT2D eigenvalue weighted by Gasteiger charge is -2.02. The highest BCUT2D eigenvalue weighted by atomic mass is 35.5. The molecule has 4 heteroatoms. The highest BCUT2D eigenvalue weighted by Gasteiger charge is 2.05. The van der Waals surface area contributed by atoms with Crippen molar-refractivity contribution in [1.82, 2.24) is 0 Å². The van der Waals surface area contributed by atoms with Gasteiger partial charge in [0, 0.05) is 0 Å². The van der Waals surface area contributed by atoms with Crippen molar-refractivity contribution in [2.24, 2.45) is 0 Å². The molecule has 2 aromatic rings. The van der Waals surface area contributed by atoms with E-state index in [0.717, 1.165) is 11.1 Å². The Labute approximate surface area is 100 Å². The Kier molecular flexibility index (Phi) is 3.27. The summed E-state index contributed by atoms with van der Waals surface area (Å²) >= 11 is 5.87. The molecule has 0 aromatic heterocycles. The van der Waals surface area contributed by atoms with Crippen molar-refractivity contribution >= 4 is 22.3 Å². The molecular weight excluding hydrogens is 244 g/mol. The summed E-state index contributed by atoms with van der Waals surface area (Å²) < 4.78 is 21.6. The monoisotopic (exact) mass is 251 g/mol. The van der Waals surface area contributed by atoms with E-state index in [-0.39, 0.29) is 9.92 Å². The molecule has 16 heavy (non-hydrogen) atoms. The molecule has 0 saturated heterocycles. The van der Waals surface area contributed by atoms with Gasteiger partial charge in [0.1, 0.15) is 0 Å². The van der Waals surface area contributed by atoms with Gasteiger partial charge < -0.3 is 0 Å². The van der Waals surface area contributed by atoms with Crippen LogP contribution in [-0.4, -0.2) is 8.42 Å². The van der Waals surface area contributed by atoms with E-state index < -0.39 is 10.7 Å².